The van der Waals surface area contributed by atoms with Crippen LogP contribution in [0.5, 0.6) is 0 Å². The second-order valence-electron chi connectivity index (χ2n) is 4.42. The zero-order valence-corrected chi connectivity index (χ0v) is 12.1. The average Bonchev–Trinajstić information content (AvgIpc) is 2.47. The van der Waals surface area contributed by atoms with Gasteiger partial charge in [-0.3, -0.25) is 9.78 Å². The molecule has 2 rings (SSSR count). The molecule has 1 atom stereocenters. The van der Waals surface area contributed by atoms with Crippen molar-refractivity contribution in [1.82, 2.24) is 10.3 Å². The summed E-state index contributed by atoms with van der Waals surface area (Å²) >= 11 is 5.85. The second kappa shape index (κ2) is 6.39. The Hall–Kier alpha value is -2.07. The highest BCUT2D eigenvalue weighted by molar-refractivity contribution is 6.30. The molecule has 20 heavy (non-hydrogen) atoms. The number of benzene rings is 1. The normalized spacial score (nSPS) is 11.8. The van der Waals surface area contributed by atoms with E-state index in [0.29, 0.717) is 16.3 Å². The van der Waals surface area contributed by atoms with Crippen LogP contribution in [0.1, 0.15) is 28.9 Å². The Balaban J connectivity index is 2.13. The summed E-state index contributed by atoms with van der Waals surface area (Å²) in [6.45, 7) is 1.93. The van der Waals surface area contributed by atoms with Crippen LogP contribution in [0.4, 0.5) is 5.69 Å². The largest absolute Gasteiger partial charge is 0.386 e. The summed E-state index contributed by atoms with van der Waals surface area (Å²) in [4.78, 5) is 16.3. The Labute approximate surface area is 123 Å². The van der Waals surface area contributed by atoms with Gasteiger partial charge in [0.1, 0.15) is 0 Å². The summed E-state index contributed by atoms with van der Waals surface area (Å²) in [5.74, 6) is -0.140. The van der Waals surface area contributed by atoms with Crippen molar-refractivity contribution in [2.75, 3.05) is 12.4 Å². The maximum Gasteiger partial charge on any atom is 0.253 e. The van der Waals surface area contributed by atoms with Crippen LogP contribution in [0.15, 0.2) is 42.7 Å². The van der Waals surface area contributed by atoms with Gasteiger partial charge in [-0.15, -0.1) is 0 Å². The molecule has 4 nitrogen and oxygen atoms in total. The number of amides is 1. The average molecular weight is 290 g/mol. The highest BCUT2D eigenvalue weighted by Gasteiger charge is 2.14. The van der Waals surface area contributed by atoms with Gasteiger partial charge in [0.05, 0.1) is 23.5 Å². The van der Waals surface area contributed by atoms with Crippen LogP contribution in [0.3, 0.4) is 0 Å². The van der Waals surface area contributed by atoms with Crippen LogP contribution < -0.4 is 10.6 Å². The molecule has 0 bridgehead atoms. The molecule has 2 aromatic rings. The number of pyridine rings is 1. The minimum absolute atomic E-state index is 0.0994. The molecule has 0 radical (unpaired) electrons. The molecule has 5 heteroatoms. The van der Waals surface area contributed by atoms with Crippen LogP contribution in [-0.2, 0) is 0 Å². The molecule has 1 unspecified atom stereocenters. The first-order valence-electron chi connectivity index (χ1n) is 6.30. The van der Waals surface area contributed by atoms with Crippen molar-refractivity contribution in [3.63, 3.8) is 0 Å². The number of hydrogen-bond acceptors (Lipinski definition) is 3. The van der Waals surface area contributed by atoms with Gasteiger partial charge >= 0.3 is 0 Å². The van der Waals surface area contributed by atoms with Gasteiger partial charge in [-0.25, -0.2) is 0 Å². The molecule has 2 N–H and O–H groups in total. The van der Waals surface area contributed by atoms with Crippen molar-refractivity contribution in [2.45, 2.75) is 13.0 Å². The third-order valence-electron chi connectivity index (χ3n) is 3.05. The van der Waals surface area contributed by atoms with Crippen molar-refractivity contribution in [3.8, 4) is 0 Å². The molecule has 104 valence electrons. The van der Waals surface area contributed by atoms with Crippen molar-refractivity contribution in [2.24, 2.45) is 0 Å². The SMILES string of the molecule is CNc1cnccc1C(=O)NC(C)c1ccc(Cl)cc1. The van der Waals surface area contributed by atoms with Gasteiger partial charge < -0.3 is 10.6 Å². The third kappa shape index (κ3) is 3.27. The van der Waals surface area contributed by atoms with Crippen molar-refractivity contribution in [3.05, 3.63) is 58.9 Å². The van der Waals surface area contributed by atoms with Gasteiger partial charge in [0.2, 0.25) is 0 Å². The molecule has 1 aromatic carbocycles. The molecular formula is C15H16ClN3O. The maximum absolute atomic E-state index is 12.3. The molecule has 0 saturated carbocycles. The maximum atomic E-state index is 12.3. The Bertz CT molecular complexity index is 598. The second-order valence-corrected chi connectivity index (χ2v) is 4.85. The summed E-state index contributed by atoms with van der Waals surface area (Å²) in [7, 11) is 1.76. The van der Waals surface area contributed by atoms with E-state index < -0.39 is 0 Å². The molecule has 0 aliphatic carbocycles. The number of carbonyl (C=O) groups is 1. The first-order valence-corrected chi connectivity index (χ1v) is 6.67. The highest BCUT2D eigenvalue weighted by Crippen LogP contribution is 2.18. The van der Waals surface area contributed by atoms with E-state index in [-0.39, 0.29) is 11.9 Å². The van der Waals surface area contributed by atoms with Gasteiger partial charge in [0.15, 0.2) is 0 Å². The first kappa shape index (κ1) is 14.3. The van der Waals surface area contributed by atoms with Crippen LogP contribution in [0, 0.1) is 0 Å². The third-order valence-corrected chi connectivity index (χ3v) is 3.30. The van der Waals surface area contributed by atoms with Crippen molar-refractivity contribution >= 4 is 23.2 Å². The Morgan fingerprint density at radius 2 is 1.95 bits per heavy atom. The lowest BCUT2D eigenvalue weighted by molar-refractivity contribution is 0.0940. The van der Waals surface area contributed by atoms with Gasteiger partial charge in [-0.2, -0.15) is 0 Å². The van der Waals surface area contributed by atoms with Crippen molar-refractivity contribution < 1.29 is 4.79 Å². The molecule has 1 aromatic heterocycles. The topological polar surface area (TPSA) is 54.0 Å². The lowest BCUT2D eigenvalue weighted by Gasteiger charge is -2.15. The molecule has 0 spiro atoms. The molecule has 0 fully saturated rings. The minimum atomic E-state index is -0.140. The zero-order chi connectivity index (χ0) is 14.5. The molecule has 0 aliphatic heterocycles. The van der Waals surface area contributed by atoms with Gasteiger partial charge in [-0.05, 0) is 30.7 Å². The zero-order valence-electron chi connectivity index (χ0n) is 11.4. The summed E-state index contributed by atoms with van der Waals surface area (Å²) in [6, 6.07) is 9.02. The van der Waals surface area contributed by atoms with E-state index in [2.05, 4.69) is 15.6 Å². The number of anilines is 1. The van der Waals surface area contributed by atoms with Gasteiger partial charge in [0.25, 0.3) is 5.91 Å². The van der Waals surface area contributed by atoms with E-state index in [1.165, 1.54) is 0 Å². The molecule has 1 heterocycles. The van der Waals surface area contributed by atoms with Crippen LogP contribution >= 0.6 is 11.6 Å². The number of halogens is 1. The molecule has 0 saturated heterocycles. The number of nitrogens with zero attached hydrogens (tertiary/aromatic N) is 1. The van der Waals surface area contributed by atoms with E-state index in [0.717, 1.165) is 5.56 Å². The summed E-state index contributed by atoms with van der Waals surface area (Å²) in [5, 5.41) is 6.59. The lowest BCUT2D eigenvalue weighted by Crippen LogP contribution is -2.27. The lowest BCUT2D eigenvalue weighted by atomic mass is 10.1. The smallest absolute Gasteiger partial charge is 0.253 e. The summed E-state index contributed by atoms with van der Waals surface area (Å²) < 4.78 is 0. The number of nitrogens with one attached hydrogen (secondary N) is 2. The highest BCUT2D eigenvalue weighted by atomic mass is 35.5. The van der Waals surface area contributed by atoms with E-state index >= 15 is 0 Å². The molecular weight excluding hydrogens is 274 g/mol. The number of aromatic nitrogens is 1. The van der Waals surface area contributed by atoms with Gasteiger partial charge in [0, 0.05) is 18.3 Å². The van der Waals surface area contributed by atoms with Crippen LogP contribution in [0.25, 0.3) is 0 Å². The van der Waals surface area contributed by atoms with E-state index in [4.69, 9.17) is 11.6 Å². The fraction of sp³-hybridized carbons (Fsp3) is 0.200. The first-order chi connectivity index (χ1) is 9.61. The summed E-state index contributed by atoms with van der Waals surface area (Å²) in [5.41, 5.74) is 2.28. The van der Waals surface area contributed by atoms with Gasteiger partial charge in [-0.1, -0.05) is 23.7 Å². The predicted molar refractivity (Wildman–Crippen MR) is 81.1 cm³/mol. The standard InChI is InChI=1S/C15H16ClN3O/c1-10(11-3-5-12(16)6-4-11)19-15(20)13-7-8-18-9-14(13)17-2/h3-10,17H,1-2H3,(H,19,20). The Kier molecular flexibility index (Phi) is 4.58. The Morgan fingerprint density at radius 1 is 1.25 bits per heavy atom. The minimum Gasteiger partial charge on any atom is -0.386 e. The van der Waals surface area contributed by atoms with E-state index in [1.807, 2.05) is 31.2 Å². The summed E-state index contributed by atoms with van der Waals surface area (Å²) in [6.07, 6.45) is 3.23. The fourth-order valence-electron chi connectivity index (χ4n) is 1.90. The van der Waals surface area contributed by atoms with Crippen LogP contribution in [-0.4, -0.2) is 17.9 Å². The van der Waals surface area contributed by atoms with E-state index in [9.17, 15) is 4.79 Å². The fourth-order valence-corrected chi connectivity index (χ4v) is 2.03. The monoisotopic (exact) mass is 289 g/mol. The Morgan fingerprint density at radius 3 is 2.60 bits per heavy atom. The van der Waals surface area contributed by atoms with Crippen molar-refractivity contribution in [1.29, 1.82) is 0 Å². The quantitative estimate of drug-likeness (QED) is 0.908. The number of rotatable bonds is 4. The number of carbonyl (C=O) groups excluding carboxylic acids is 1. The number of hydrogen-bond donors (Lipinski definition) is 2. The van der Waals surface area contributed by atoms with Crippen LogP contribution in [0.2, 0.25) is 5.02 Å². The predicted octanol–water partition coefficient (Wildman–Crippen LogP) is 3.27. The molecule has 0 aliphatic rings. The molecule has 1 amide bonds. The van der Waals surface area contributed by atoms with E-state index in [1.54, 1.807) is 25.5 Å².